The van der Waals surface area contributed by atoms with Gasteiger partial charge in [-0.2, -0.15) is 0 Å². The molecule has 0 saturated carbocycles. The Morgan fingerprint density at radius 3 is 2.72 bits per heavy atom. The lowest BCUT2D eigenvalue weighted by Gasteiger charge is -2.19. The van der Waals surface area contributed by atoms with Crippen LogP contribution in [0.1, 0.15) is 12.5 Å². The summed E-state index contributed by atoms with van der Waals surface area (Å²) in [5.74, 6) is 0.501. The fourth-order valence-electron chi connectivity index (χ4n) is 3.03. The number of esters is 1. The highest BCUT2D eigenvalue weighted by Crippen LogP contribution is 2.31. The van der Waals surface area contributed by atoms with Gasteiger partial charge >= 0.3 is 5.97 Å². The van der Waals surface area contributed by atoms with Gasteiger partial charge in [-0.05, 0) is 36.8 Å². The van der Waals surface area contributed by atoms with Gasteiger partial charge in [-0.3, -0.25) is 14.5 Å². The molecule has 2 aromatic carbocycles. The summed E-state index contributed by atoms with van der Waals surface area (Å²) < 4.78 is 17.2. The first-order valence-corrected chi connectivity index (χ1v) is 10.2. The predicted octanol–water partition coefficient (Wildman–Crippen LogP) is 3.21. The molecule has 0 fully saturated rings. The summed E-state index contributed by atoms with van der Waals surface area (Å²) in [4.78, 5) is 30.8. The van der Waals surface area contributed by atoms with E-state index < -0.39 is 5.97 Å². The quantitative estimate of drug-likeness (QED) is 0.579. The van der Waals surface area contributed by atoms with E-state index in [1.54, 1.807) is 18.2 Å². The van der Waals surface area contributed by atoms with Gasteiger partial charge in [0.05, 0.1) is 16.6 Å². The van der Waals surface area contributed by atoms with Crippen molar-refractivity contribution in [2.24, 2.45) is 0 Å². The fourth-order valence-corrected chi connectivity index (χ4v) is 4.08. The molecular weight excluding hydrogens is 392 g/mol. The van der Waals surface area contributed by atoms with Crippen LogP contribution in [0.4, 0.5) is 5.13 Å². The molecule has 1 aliphatic heterocycles. The number of amides is 1. The minimum absolute atomic E-state index is 0.0528. The molecule has 7 nitrogen and oxygen atoms in total. The Labute approximate surface area is 171 Å². The third kappa shape index (κ3) is 4.32. The van der Waals surface area contributed by atoms with E-state index in [4.69, 9.17) is 14.2 Å². The largest absolute Gasteiger partial charge is 0.486 e. The Morgan fingerprint density at radius 2 is 1.93 bits per heavy atom. The van der Waals surface area contributed by atoms with Gasteiger partial charge in [-0.1, -0.05) is 29.5 Å². The number of carbonyl (C=O) groups is 2. The van der Waals surface area contributed by atoms with Crippen LogP contribution in [0, 0.1) is 0 Å². The third-order valence-electron chi connectivity index (χ3n) is 4.44. The summed E-state index contributed by atoms with van der Waals surface area (Å²) in [6.07, 6.45) is 0.0528. The number of hydrogen-bond donors (Lipinski definition) is 0. The molecule has 0 radical (unpaired) electrons. The molecule has 0 N–H and O–H groups in total. The van der Waals surface area contributed by atoms with E-state index in [1.807, 2.05) is 31.2 Å². The van der Waals surface area contributed by atoms with Gasteiger partial charge in [0.1, 0.15) is 13.2 Å². The number of likely N-dealkylation sites (N-methyl/N-ethyl adjacent to an activating group) is 1. The van der Waals surface area contributed by atoms with Gasteiger partial charge in [-0.15, -0.1) is 0 Å². The highest BCUT2D eigenvalue weighted by Gasteiger charge is 2.20. The number of anilines is 1. The number of rotatable bonds is 6. The second kappa shape index (κ2) is 8.48. The second-order valence-corrected chi connectivity index (χ2v) is 7.43. The number of benzene rings is 2. The van der Waals surface area contributed by atoms with Gasteiger partial charge < -0.3 is 14.2 Å². The summed E-state index contributed by atoms with van der Waals surface area (Å²) in [5.41, 5.74) is 1.58. The minimum atomic E-state index is -0.476. The third-order valence-corrected chi connectivity index (χ3v) is 5.50. The lowest BCUT2D eigenvalue weighted by Crippen LogP contribution is -2.34. The predicted molar refractivity (Wildman–Crippen MR) is 110 cm³/mol. The van der Waals surface area contributed by atoms with E-state index in [2.05, 4.69) is 4.98 Å². The molecule has 1 aromatic heterocycles. The molecule has 8 heteroatoms. The van der Waals surface area contributed by atoms with Gasteiger partial charge in [0, 0.05) is 6.54 Å². The fraction of sp³-hybridized carbons (Fsp3) is 0.286. The van der Waals surface area contributed by atoms with Crippen molar-refractivity contribution < 1.29 is 23.8 Å². The van der Waals surface area contributed by atoms with E-state index in [9.17, 15) is 9.59 Å². The van der Waals surface area contributed by atoms with Crippen LogP contribution in [0.3, 0.4) is 0 Å². The molecule has 1 aliphatic rings. The van der Waals surface area contributed by atoms with Gasteiger partial charge in [-0.25, -0.2) is 4.98 Å². The van der Waals surface area contributed by atoms with E-state index in [0.29, 0.717) is 36.4 Å². The number of thiazole rings is 1. The van der Waals surface area contributed by atoms with Crippen molar-refractivity contribution in [3.8, 4) is 11.5 Å². The number of para-hydroxylation sites is 1. The van der Waals surface area contributed by atoms with Crippen molar-refractivity contribution in [2.75, 3.05) is 31.3 Å². The summed E-state index contributed by atoms with van der Waals surface area (Å²) in [6.45, 7) is 2.97. The highest BCUT2D eigenvalue weighted by molar-refractivity contribution is 7.22. The molecule has 0 saturated heterocycles. The van der Waals surface area contributed by atoms with Crippen LogP contribution in [0.2, 0.25) is 0 Å². The van der Waals surface area contributed by atoms with E-state index in [1.165, 1.54) is 16.2 Å². The van der Waals surface area contributed by atoms with Crippen LogP contribution in [0.5, 0.6) is 11.5 Å². The topological polar surface area (TPSA) is 78.0 Å². The highest BCUT2D eigenvalue weighted by atomic mass is 32.1. The Bertz CT molecular complexity index is 1020. The van der Waals surface area contributed by atoms with Crippen LogP contribution in [0.15, 0.2) is 42.5 Å². The smallest absolute Gasteiger partial charge is 0.310 e. The van der Waals surface area contributed by atoms with Crippen molar-refractivity contribution in [2.45, 2.75) is 13.3 Å². The summed E-state index contributed by atoms with van der Waals surface area (Å²) >= 11 is 1.44. The van der Waals surface area contributed by atoms with E-state index in [-0.39, 0.29) is 18.9 Å². The van der Waals surface area contributed by atoms with Gasteiger partial charge in [0.2, 0.25) is 0 Å². The maximum Gasteiger partial charge on any atom is 0.310 e. The Morgan fingerprint density at radius 1 is 1.14 bits per heavy atom. The first-order chi connectivity index (χ1) is 14.1. The van der Waals surface area contributed by atoms with Crippen LogP contribution in [0.25, 0.3) is 10.2 Å². The molecule has 2 heterocycles. The van der Waals surface area contributed by atoms with Gasteiger partial charge in [0.25, 0.3) is 5.91 Å². The molecule has 150 valence electrons. The van der Waals surface area contributed by atoms with E-state index >= 15 is 0 Å². The van der Waals surface area contributed by atoms with Crippen molar-refractivity contribution >= 4 is 38.6 Å². The summed E-state index contributed by atoms with van der Waals surface area (Å²) in [5, 5.41) is 0.599. The first-order valence-electron chi connectivity index (χ1n) is 9.34. The number of aromatic nitrogens is 1. The lowest BCUT2D eigenvalue weighted by molar-refractivity contribution is -0.147. The lowest BCUT2D eigenvalue weighted by atomic mass is 10.1. The molecule has 0 bridgehead atoms. The molecule has 0 aliphatic carbocycles. The standard InChI is InChI=1S/C21H20N2O5S/c1-2-23(21-22-15-5-3-4-6-18(15)29-21)19(24)13-28-20(25)12-14-7-8-16-17(11-14)27-10-9-26-16/h3-8,11H,2,9-10,12-13H2,1H3. The van der Waals surface area contributed by atoms with Crippen LogP contribution >= 0.6 is 11.3 Å². The van der Waals surface area contributed by atoms with Crippen molar-refractivity contribution in [1.82, 2.24) is 4.98 Å². The number of fused-ring (bicyclic) bond motifs is 2. The van der Waals surface area contributed by atoms with Crippen molar-refractivity contribution in [3.05, 3.63) is 48.0 Å². The molecule has 4 rings (SSSR count). The molecule has 1 amide bonds. The zero-order valence-electron chi connectivity index (χ0n) is 15.9. The normalized spacial score (nSPS) is 12.6. The Hall–Kier alpha value is -3.13. The van der Waals surface area contributed by atoms with Crippen LogP contribution < -0.4 is 14.4 Å². The van der Waals surface area contributed by atoms with Crippen LogP contribution in [-0.4, -0.2) is 43.2 Å². The molecule has 29 heavy (non-hydrogen) atoms. The number of ether oxygens (including phenoxy) is 3. The average molecular weight is 412 g/mol. The van der Waals surface area contributed by atoms with Crippen LogP contribution in [-0.2, 0) is 20.7 Å². The molecule has 0 atom stereocenters. The van der Waals surface area contributed by atoms with Crippen molar-refractivity contribution in [3.63, 3.8) is 0 Å². The minimum Gasteiger partial charge on any atom is -0.486 e. The second-order valence-electron chi connectivity index (χ2n) is 6.42. The zero-order chi connectivity index (χ0) is 20.2. The monoisotopic (exact) mass is 412 g/mol. The maximum atomic E-state index is 12.6. The van der Waals surface area contributed by atoms with E-state index in [0.717, 1.165) is 15.8 Å². The summed E-state index contributed by atoms with van der Waals surface area (Å²) in [7, 11) is 0. The number of hydrogen-bond acceptors (Lipinski definition) is 7. The van der Waals surface area contributed by atoms with Gasteiger partial charge in [0.15, 0.2) is 23.2 Å². The SMILES string of the molecule is CCN(C(=O)COC(=O)Cc1ccc2c(c1)OCCO2)c1nc2ccccc2s1. The number of nitrogens with zero attached hydrogens (tertiary/aromatic N) is 2. The molecular formula is C21H20N2O5S. The Balaban J connectivity index is 1.36. The summed E-state index contributed by atoms with van der Waals surface area (Å²) in [6, 6.07) is 13.0. The molecule has 0 unspecified atom stereocenters. The number of carbonyl (C=O) groups excluding carboxylic acids is 2. The Kier molecular flexibility index (Phi) is 5.62. The maximum absolute atomic E-state index is 12.6. The first kappa shape index (κ1) is 19.2. The molecule has 3 aromatic rings. The zero-order valence-corrected chi connectivity index (χ0v) is 16.7. The average Bonchev–Trinajstić information content (AvgIpc) is 3.16. The van der Waals surface area contributed by atoms with Crippen molar-refractivity contribution in [1.29, 1.82) is 0 Å². The molecule has 0 spiro atoms.